The number of benzene rings is 1. The minimum atomic E-state index is -3.63. The number of carboxylic acid groups (broad SMARTS) is 1. The SMILES string of the molecule is CCN(CC)S(=O)(=O)c1cccc(C(=O)N[C@@H]2CC[C@H](C(=O)O)C2)c1. The van der Waals surface area contributed by atoms with Crippen molar-refractivity contribution in [2.45, 2.75) is 44.0 Å². The molecule has 0 heterocycles. The highest BCUT2D eigenvalue weighted by atomic mass is 32.2. The van der Waals surface area contributed by atoms with Crippen LogP contribution in [0.5, 0.6) is 0 Å². The van der Waals surface area contributed by atoms with E-state index in [1.165, 1.54) is 16.4 Å². The van der Waals surface area contributed by atoms with E-state index in [1.54, 1.807) is 26.0 Å². The van der Waals surface area contributed by atoms with Crippen LogP contribution in [0.1, 0.15) is 43.5 Å². The minimum absolute atomic E-state index is 0.0821. The predicted octanol–water partition coefficient (Wildman–Crippen LogP) is 1.70. The first-order valence-corrected chi connectivity index (χ1v) is 9.87. The highest BCUT2D eigenvalue weighted by molar-refractivity contribution is 7.89. The third kappa shape index (κ3) is 4.38. The first-order chi connectivity index (χ1) is 11.8. The van der Waals surface area contributed by atoms with Crippen LogP contribution in [0.3, 0.4) is 0 Å². The smallest absolute Gasteiger partial charge is 0.306 e. The van der Waals surface area contributed by atoms with E-state index < -0.39 is 21.9 Å². The second-order valence-electron chi connectivity index (χ2n) is 6.14. The molecule has 0 radical (unpaired) electrons. The van der Waals surface area contributed by atoms with Gasteiger partial charge in [0.15, 0.2) is 0 Å². The molecule has 1 amide bonds. The lowest BCUT2D eigenvalue weighted by Gasteiger charge is -2.19. The molecule has 1 aliphatic carbocycles. The monoisotopic (exact) mass is 368 g/mol. The van der Waals surface area contributed by atoms with Crippen molar-refractivity contribution in [2.75, 3.05) is 13.1 Å². The molecule has 2 N–H and O–H groups in total. The van der Waals surface area contributed by atoms with Gasteiger partial charge < -0.3 is 10.4 Å². The molecule has 2 rings (SSSR count). The third-order valence-electron chi connectivity index (χ3n) is 4.56. The topological polar surface area (TPSA) is 104 Å². The Morgan fingerprint density at radius 2 is 1.92 bits per heavy atom. The lowest BCUT2D eigenvalue weighted by molar-refractivity contribution is -0.141. The van der Waals surface area contributed by atoms with Gasteiger partial charge in [0.1, 0.15) is 0 Å². The van der Waals surface area contributed by atoms with Crippen molar-refractivity contribution in [2.24, 2.45) is 5.92 Å². The Morgan fingerprint density at radius 3 is 2.48 bits per heavy atom. The average Bonchev–Trinajstić information content (AvgIpc) is 3.04. The second kappa shape index (κ2) is 7.97. The van der Waals surface area contributed by atoms with Crippen LogP contribution in [0.2, 0.25) is 0 Å². The summed E-state index contributed by atoms with van der Waals surface area (Å²) < 4.78 is 26.5. The number of aliphatic carboxylic acids is 1. The second-order valence-corrected chi connectivity index (χ2v) is 8.07. The van der Waals surface area contributed by atoms with E-state index in [1.807, 2.05) is 0 Å². The number of carbonyl (C=O) groups is 2. The maximum Gasteiger partial charge on any atom is 0.306 e. The van der Waals surface area contributed by atoms with Gasteiger partial charge in [-0.3, -0.25) is 9.59 Å². The zero-order valence-corrected chi connectivity index (χ0v) is 15.3. The average molecular weight is 368 g/mol. The first-order valence-electron chi connectivity index (χ1n) is 8.43. The lowest BCUT2D eigenvalue weighted by atomic mass is 10.1. The molecule has 0 saturated heterocycles. The number of sulfonamides is 1. The normalized spacial score (nSPS) is 20.6. The van der Waals surface area contributed by atoms with Crippen LogP contribution in [0.15, 0.2) is 29.2 Å². The van der Waals surface area contributed by atoms with Gasteiger partial charge >= 0.3 is 5.97 Å². The van der Waals surface area contributed by atoms with Gasteiger partial charge in [-0.05, 0) is 37.5 Å². The molecule has 1 aromatic carbocycles. The Bertz CT molecular complexity index is 743. The van der Waals surface area contributed by atoms with Crippen LogP contribution in [0.4, 0.5) is 0 Å². The Balaban J connectivity index is 2.13. The Labute approximate surface area is 148 Å². The maximum atomic E-state index is 12.6. The Kier molecular flexibility index (Phi) is 6.18. The summed E-state index contributed by atoms with van der Waals surface area (Å²) in [6, 6.07) is 5.74. The van der Waals surface area contributed by atoms with E-state index in [2.05, 4.69) is 5.32 Å². The summed E-state index contributed by atoms with van der Waals surface area (Å²) >= 11 is 0. The number of nitrogens with zero attached hydrogens (tertiary/aromatic N) is 1. The quantitative estimate of drug-likeness (QED) is 0.762. The molecule has 0 spiro atoms. The summed E-state index contributed by atoms with van der Waals surface area (Å²) in [5.41, 5.74) is 0.256. The van der Waals surface area contributed by atoms with E-state index in [-0.39, 0.29) is 22.4 Å². The van der Waals surface area contributed by atoms with Crippen LogP contribution < -0.4 is 5.32 Å². The van der Waals surface area contributed by atoms with Crippen LogP contribution in [-0.2, 0) is 14.8 Å². The molecule has 0 aromatic heterocycles. The summed E-state index contributed by atoms with van der Waals surface area (Å²) in [6.45, 7) is 4.23. The Morgan fingerprint density at radius 1 is 1.24 bits per heavy atom. The van der Waals surface area contributed by atoms with Crippen LogP contribution in [-0.4, -0.2) is 48.8 Å². The first kappa shape index (κ1) is 19.4. The summed E-state index contributed by atoms with van der Waals surface area (Å²) in [4.78, 5) is 23.5. The molecule has 0 bridgehead atoms. The summed E-state index contributed by atoms with van der Waals surface area (Å²) in [7, 11) is -3.63. The molecule has 0 aliphatic heterocycles. The molecular weight excluding hydrogens is 344 g/mol. The molecule has 2 atom stereocenters. The fraction of sp³-hybridized carbons (Fsp3) is 0.529. The van der Waals surface area contributed by atoms with E-state index >= 15 is 0 Å². The number of hydrogen-bond donors (Lipinski definition) is 2. The van der Waals surface area contributed by atoms with E-state index in [0.29, 0.717) is 32.4 Å². The van der Waals surface area contributed by atoms with Gasteiger partial charge in [0.25, 0.3) is 5.91 Å². The van der Waals surface area contributed by atoms with Crippen LogP contribution in [0.25, 0.3) is 0 Å². The number of carboxylic acids is 1. The van der Waals surface area contributed by atoms with Crippen molar-refractivity contribution in [1.29, 1.82) is 0 Å². The highest BCUT2D eigenvalue weighted by Crippen LogP contribution is 2.26. The van der Waals surface area contributed by atoms with Gasteiger partial charge in [0.2, 0.25) is 10.0 Å². The molecule has 1 saturated carbocycles. The summed E-state index contributed by atoms with van der Waals surface area (Å²) in [5, 5.41) is 11.8. The fourth-order valence-electron chi connectivity index (χ4n) is 3.12. The largest absolute Gasteiger partial charge is 0.481 e. The minimum Gasteiger partial charge on any atom is -0.481 e. The van der Waals surface area contributed by atoms with Crippen LogP contribution >= 0.6 is 0 Å². The molecule has 25 heavy (non-hydrogen) atoms. The fourth-order valence-corrected chi connectivity index (χ4v) is 4.62. The van der Waals surface area contributed by atoms with Gasteiger partial charge in [-0.15, -0.1) is 0 Å². The van der Waals surface area contributed by atoms with E-state index in [4.69, 9.17) is 5.11 Å². The zero-order valence-electron chi connectivity index (χ0n) is 14.4. The van der Waals surface area contributed by atoms with Gasteiger partial charge in [-0.25, -0.2) is 8.42 Å². The van der Waals surface area contributed by atoms with Crippen LogP contribution in [0, 0.1) is 5.92 Å². The predicted molar refractivity (Wildman–Crippen MR) is 92.8 cm³/mol. The summed E-state index contributed by atoms with van der Waals surface area (Å²) in [6.07, 6.45) is 1.55. The van der Waals surface area contributed by atoms with E-state index in [0.717, 1.165) is 0 Å². The number of carbonyl (C=O) groups excluding carboxylic acids is 1. The molecule has 7 nitrogen and oxygen atoms in total. The molecule has 0 unspecified atom stereocenters. The van der Waals surface area contributed by atoms with Gasteiger partial charge in [-0.1, -0.05) is 19.9 Å². The molecule has 1 fully saturated rings. The van der Waals surface area contributed by atoms with Gasteiger partial charge in [-0.2, -0.15) is 4.31 Å². The molecule has 138 valence electrons. The third-order valence-corrected chi connectivity index (χ3v) is 6.60. The number of rotatable bonds is 7. The summed E-state index contributed by atoms with van der Waals surface area (Å²) in [5.74, 6) is -1.66. The van der Waals surface area contributed by atoms with Crippen molar-refractivity contribution in [3.63, 3.8) is 0 Å². The Hall–Kier alpha value is -1.93. The molecule has 1 aliphatic rings. The van der Waals surface area contributed by atoms with E-state index in [9.17, 15) is 18.0 Å². The number of hydrogen-bond acceptors (Lipinski definition) is 4. The maximum absolute atomic E-state index is 12.6. The highest BCUT2D eigenvalue weighted by Gasteiger charge is 2.31. The molecule has 1 aromatic rings. The van der Waals surface area contributed by atoms with Crippen molar-refractivity contribution < 1.29 is 23.1 Å². The van der Waals surface area contributed by atoms with Crippen molar-refractivity contribution >= 4 is 21.9 Å². The number of nitrogens with one attached hydrogen (secondary N) is 1. The standard InChI is InChI=1S/C17H24N2O5S/c1-3-19(4-2)25(23,24)15-7-5-6-12(11-15)16(20)18-14-9-8-13(10-14)17(21)22/h5-7,11,13-14H,3-4,8-10H2,1-2H3,(H,18,20)(H,21,22)/t13-,14+/m0/s1. The van der Waals surface area contributed by atoms with Gasteiger partial charge in [0.05, 0.1) is 10.8 Å². The molecule has 8 heteroatoms. The molecular formula is C17H24N2O5S. The van der Waals surface area contributed by atoms with Gasteiger partial charge in [0, 0.05) is 24.7 Å². The zero-order chi connectivity index (χ0) is 18.6. The van der Waals surface area contributed by atoms with Crippen molar-refractivity contribution in [1.82, 2.24) is 9.62 Å². The number of amides is 1. The lowest BCUT2D eigenvalue weighted by Crippen LogP contribution is -2.34. The van der Waals surface area contributed by atoms with Crippen molar-refractivity contribution in [3.8, 4) is 0 Å². The van der Waals surface area contributed by atoms with Crippen molar-refractivity contribution in [3.05, 3.63) is 29.8 Å².